The number of rotatable bonds is 7. The molecule has 0 bridgehead atoms. The van der Waals surface area contributed by atoms with Crippen molar-refractivity contribution < 1.29 is 14.3 Å². The monoisotopic (exact) mass is 476 g/mol. The quantitative estimate of drug-likeness (QED) is 0.395. The van der Waals surface area contributed by atoms with Crippen LogP contribution in [0.3, 0.4) is 0 Å². The van der Waals surface area contributed by atoms with Crippen LogP contribution in [0.2, 0.25) is 0 Å². The summed E-state index contributed by atoms with van der Waals surface area (Å²) in [6.45, 7) is 2.21. The Morgan fingerprint density at radius 2 is 1.85 bits per heavy atom. The highest BCUT2D eigenvalue weighted by atomic mass is 32.1. The summed E-state index contributed by atoms with van der Waals surface area (Å²) < 4.78 is 12.8. The molecule has 1 aliphatic rings. The molecule has 0 spiro atoms. The number of fused-ring (bicyclic) bond motifs is 1. The number of piperidine rings is 1. The number of anilines is 2. The van der Waals surface area contributed by atoms with Crippen LogP contribution in [0.15, 0.2) is 54.0 Å². The molecule has 7 nitrogen and oxygen atoms in total. The first-order valence-corrected chi connectivity index (χ1v) is 12.4. The van der Waals surface area contributed by atoms with Crippen LogP contribution < -0.4 is 19.7 Å². The third-order valence-electron chi connectivity index (χ3n) is 6.18. The molecular weight excluding hydrogens is 448 g/mol. The number of amides is 1. The summed E-state index contributed by atoms with van der Waals surface area (Å²) in [5, 5.41) is 5.00. The maximum atomic E-state index is 12.8. The van der Waals surface area contributed by atoms with Gasteiger partial charge < -0.3 is 19.7 Å². The van der Waals surface area contributed by atoms with E-state index in [-0.39, 0.29) is 12.3 Å². The van der Waals surface area contributed by atoms with Gasteiger partial charge in [0.1, 0.15) is 11.5 Å². The Hall–Kier alpha value is -3.52. The molecule has 34 heavy (non-hydrogen) atoms. The van der Waals surface area contributed by atoms with E-state index in [0.29, 0.717) is 0 Å². The molecule has 0 unspecified atom stereocenters. The molecule has 0 aliphatic carbocycles. The minimum absolute atomic E-state index is 0.0559. The SMILES string of the molecule is COc1ccc(OC)c(-c2cn3c(CC(=O)Nc4ccc(N5CCCCC5)cc4)csc3n2)c1. The summed E-state index contributed by atoms with van der Waals surface area (Å²) in [7, 11) is 3.27. The van der Waals surface area contributed by atoms with Crippen molar-refractivity contribution >= 4 is 33.6 Å². The normalized spacial score (nSPS) is 13.8. The fraction of sp³-hybridized carbons (Fsp3) is 0.308. The lowest BCUT2D eigenvalue weighted by Gasteiger charge is -2.28. The average molecular weight is 477 g/mol. The number of methoxy groups -OCH3 is 2. The lowest BCUT2D eigenvalue weighted by molar-refractivity contribution is -0.115. The van der Waals surface area contributed by atoms with Crippen molar-refractivity contribution in [3.8, 4) is 22.8 Å². The number of hydrogen-bond acceptors (Lipinski definition) is 6. The van der Waals surface area contributed by atoms with E-state index < -0.39 is 0 Å². The number of nitrogens with zero attached hydrogens (tertiary/aromatic N) is 3. The van der Waals surface area contributed by atoms with Crippen molar-refractivity contribution in [2.75, 3.05) is 37.5 Å². The van der Waals surface area contributed by atoms with Gasteiger partial charge in [-0.05, 0) is 61.7 Å². The minimum Gasteiger partial charge on any atom is -0.497 e. The summed E-state index contributed by atoms with van der Waals surface area (Å²) in [6.07, 6.45) is 6.01. The van der Waals surface area contributed by atoms with Crippen molar-refractivity contribution in [2.45, 2.75) is 25.7 Å². The van der Waals surface area contributed by atoms with E-state index in [1.807, 2.05) is 46.3 Å². The zero-order valence-electron chi connectivity index (χ0n) is 19.4. The number of carbonyl (C=O) groups is 1. The Morgan fingerprint density at radius 3 is 2.59 bits per heavy atom. The van der Waals surface area contributed by atoms with E-state index in [0.717, 1.165) is 52.2 Å². The lowest BCUT2D eigenvalue weighted by atomic mass is 10.1. The fourth-order valence-corrected chi connectivity index (χ4v) is 5.25. The maximum absolute atomic E-state index is 12.8. The number of thiazole rings is 1. The van der Waals surface area contributed by atoms with Gasteiger partial charge in [0, 0.05) is 47.3 Å². The Bertz CT molecular complexity index is 1290. The van der Waals surface area contributed by atoms with Gasteiger partial charge in [-0.15, -0.1) is 11.3 Å². The number of carbonyl (C=O) groups excluding carboxylic acids is 1. The second-order valence-corrected chi connectivity index (χ2v) is 9.23. The highest BCUT2D eigenvalue weighted by Gasteiger charge is 2.16. The van der Waals surface area contributed by atoms with Gasteiger partial charge in [0.05, 0.1) is 26.3 Å². The van der Waals surface area contributed by atoms with Crippen molar-refractivity contribution in [2.24, 2.45) is 0 Å². The van der Waals surface area contributed by atoms with E-state index >= 15 is 0 Å². The van der Waals surface area contributed by atoms with Crippen LogP contribution in [0, 0.1) is 0 Å². The molecule has 8 heteroatoms. The van der Waals surface area contributed by atoms with Gasteiger partial charge in [-0.25, -0.2) is 4.98 Å². The number of hydrogen-bond donors (Lipinski definition) is 1. The molecule has 4 aromatic rings. The van der Waals surface area contributed by atoms with Gasteiger partial charge >= 0.3 is 0 Å². The highest BCUT2D eigenvalue weighted by Crippen LogP contribution is 2.34. The largest absolute Gasteiger partial charge is 0.497 e. The average Bonchev–Trinajstić information content (AvgIpc) is 3.46. The fourth-order valence-electron chi connectivity index (χ4n) is 4.38. The standard InChI is InChI=1S/C26H28N4O3S/c1-32-21-10-11-24(33-2)22(15-21)23-16-30-20(17-34-26(30)28-23)14-25(31)27-18-6-8-19(9-7-18)29-12-4-3-5-13-29/h6-11,15-17H,3-5,12-14H2,1-2H3,(H,27,31). The van der Waals surface area contributed by atoms with E-state index in [4.69, 9.17) is 14.5 Å². The maximum Gasteiger partial charge on any atom is 0.230 e. The Labute approximate surface area is 203 Å². The van der Waals surface area contributed by atoms with Crippen LogP contribution in [-0.4, -0.2) is 42.6 Å². The third kappa shape index (κ3) is 4.59. The van der Waals surface area contributed by atoms with E-state index in [1.54, 1.807) is 14.2 Å². The minimum atomic E-state index is -0.0559. The van der Waals surface area contributed by atoms with E-state index in [2.05, 4.69) is 22.3 Å². The Kier molecular flexibility index (Phi) is 6.40. The smallest absolute Gasteiger partial charge is 0.230 e. The summed E-state index contributed by atoms with van der Waals surface area (Å²) >= 11 is 1.51. The van der Waals surface area contributed by atoms with Crippen LogP contribution in [0.5, 0.6) is 11.5 Å². The second kappa shape index (κ2) is 9.77. The number of benzene rings is 2. The van der Waals surface area contributed by atoms with Gasteiger partial charge in [0.15, 0.2) is 4.96 Å². The molecule has 0 saturated carbocycles. The molecule has 5 rings (SSSR count). The molecule has 1 N–H and O–H groups in total. The molecule has 1 aliphatic heterocycles. The van der Waals surface area contributed by atoms with Crippen LogP contribution in [0.1, 0.15) is 25.0 Å². The van der Waals surface area contributed by atoms with Crippen LogP contribution in [0.4, 0.5) is 11.4 Å². The molecule has 1 amide bonds. The molecule has 3 heterocycles. The van der Waals surface area contributed by atoms with Crippen molar-refractivity contribution in [1.29, 1.82) is 0 Å². The second-order valence-electron chi connectivity index (χ2n) is 8.39. The van der Waals surface area contributed by atoms with Gasteiger partial charge in [-0.1, -0.05) is 0 Å². The predicted octanol–water partition coefficient (Wildman–Crippen LogP) is 5.25. The van der Waals surface area contributed by atoms with Crippen LogP contribution in [-0.2, 0) is 11.2 Å². The molecule has 176 valence electrons. The zero-order valence-corrected chi connectivity index (χ0v) is 20.2. The predicted molar refractivity (Wildman–Crippen MR) is 136 cm³/mol. The summed E-state index contributed by atoms with van der Waals surface area (Å²) in [5.74, 6) is 1.40. The Balaban J connectivity index is 1.30. The molecular formula is C26H28N4O3S. The van der Waals surface area contributed by atoms with E-state index in [1.165, 1.54) is 36.3 Å². The Morgan fingerprint density at radius 1 is 1.06 bits per heavy atom. The summed E-state index contributed by atoms with van der Waals surface area (Å²) in [5.41, 5.74) is 4.54. The first-order chi connectivity index (χ1) is 16.6. The van der Waals surface area contributed by atoms with Crippen LogP contribution in [0.25, 0.3) is 16.2 Å². The molecule has 1 saturated heterocycles. The van der Waals surface area contributed by atoms with Gasteiger partial charge in [0.2, 0.25) is 5.91 Å². The molecule has 1 fully saturated rings. The lowest BCUT2D eigenvalue weighted by Crippen LogP contribution is -2.29. The van der Waals surface area contributed by atoms with Gasteiger partial charge in [-0.3, -0.25) is 9.20 Å². The number of imidazole rings is 1. The van der Waals surface area contributed by atoms with Crippen molar-refractivity contribution in [1.82, 2.24) is 9.38 Å². The van der Waals surface area contributed by atoms with Crippen LogP contribution >= 0.6 is 11.3 Å². The third-order valence-corrected chi connectivity index (χ3v) is 7.07. The van der Waals surface area contributed by atoms with Crippen molar-refractivity contribution in [3.05, 3.63) is 59.7 Å². The first-order valence-electron chi connectivity index (χ1n) is 11.5. The van der Waals surface area contributed by atoms with E-state index in [9.17, 15) is 4.79 Å². The summed E-state index contributed by atoms with van der Waals surface area (Å²) in [6, 6.07) is 13.8. The molecule has 2 aromatic heterocycles. The summed E-state index contributed by atoms with van der Waals surface area (Å²) in [4.78, 5) is 20.8. The number of ether oxygens (including phenoxy) is 2. The number of aromatic nitrogens is 2. The molecule has 0 radical (unpaired) electrons. The zero-order chi connectivity index (χ0) is 23.5. The highest BCUT2D eigenvalue weighted by molar-refractivity contribution is 7.15. The first kappa shape index (κ1) is 22.3. The topological polar surface area (TPSA) is 68.1 Å². The van der Waals surface area contributed by atoms with Crippen molar-refractivity contribution in [3.63, 3.8) is 0 Å². The number of nitrogens with one attached hydrogen (secondary N) is 1. The van der Waals surface area contributed by atoms with Gasteiger partial charge in [0.25, 0.3) is 0 Å². The molecule has 0 atom stereocenters. The van der Waals surface area contributed by atoms with Gasteiger partial charge in [-0.2, -0.15) is 0 Å². The molecule has 2 aromatic carbocycles.